The fourth-order valence-electron chi connectivity index (χ4n) is 2.25. The van der Waals surface area contributed by atoms with Gasteiger partial charge in [-0.1, -0.05) is 18.2 Å². The molecular weight excluding hydrogens is 296 g/mol. The number of nitrogens with zero attached hydrogens (tertiary/aromatic N) is 2. The maximum absolute atomic E-state index is 10.6. The van der Waals surface area contributed by atoms with Crippen molar-refractivity contribution in [1.82, 2.24) is 10.6 Å². The van der Waals surface area contributed by atoms with Crippen LogP contribution in [0.5, 0.6) is 0 Å². The minimum Gasteiger partial charge on any atom is -0.376 e. The van der Waals surface area contributed by atoms with E-state index in [1.807, 2.05) is 0 Å². The maximum Gasteiger partial charge on any atom is 0.269 e. The summed E-state index contributed by atoms with van der Waals surface area (Å²) in [5.41, 5.74) is 0.992. The quantitative estimate of drug-likeness (QED) is 0.264. The van der Waals surface area contributed by atoms with Crippen molar-refractivity contribution in [3.05, 3.63) is 52.6 Å². The second-order valence-corrected chi connectivity index (χ2v) is 5.27. The Kier molecular flexibility index (Phi) is 6.56. The van der Waals surface area contributed by atoms with Gasteiger partial charge in [0.2, 0.25) is 0 Å². The molecule has 2 rings (SSSR count). The van der Waals surface area contributed by atoms with Crippen LogP contribution in [-0.4, -0.2) is 36.7 Å². The van der Waals surface area contributed by atoms with Crippen LogP contribution < -0.4 is 10.6 Å². The molecule has 0 bridgehead atoms. The third-order valence-electron chi connectivity index (χ3n) is 3.50. The molecule has 7 nitrogen and oxygen atoms in total. The number of ether oxygens (including phenoxy) is 1. The van der Waals surface area contributed by atoms with Gasteiger partial charge in [0.05, 0.1) is 17.6 Å². The van der Waals surface area contributed by atoms with Gasteiger partial charge in [0.1, 0.15) is 0 Å². The first-order chi connectivity index (χ1) is 11.2. The van der Waals surface area contributed by atoms with Crippen molar-refractivity contribution in [3.8, 4) is 0 Å². The van der Waals surface area contributed by atoms with E-state index in [2.05, 4.69) is 22.2 Å². The van der Waals surface area contributed by atoms with Crippen molar-refractivity contribution in [3.63, 3.8) is 0 Å². The van der Waals surface area contributed by atoms with Gasteiger partial charge in [-0.05, 0) is 18.4 Å². The number of benzene rings is 1. The molecule has 1 atom stereocenters. The summed E-state index contributed by atoms with van der Waals surface area (Å²) < 4.78 is 5.58. The maximum atomic E-state index is 10.6. The van der Waals surface area contributed by atoms with Crippen molar-refractivity contribution in [2.24, 2.45) is 4.99 Å². The molecule has 1 fully saturated rings. The fourth-order valence-corrected chi connectivity index (χ4v) is 2.25. The molecule has 124 valence electrons. The summed E-state index contributed by atoms with van der Waals surface area (Å²) in [5.74, 6) is 0.679. The van der Waals surface area contributed by atoms with Crippen LogP contribution in [0.1, 0.15) is 18.4 Å². The van der Waals surface area contributed by atoms with Gasteiger partial charge in [0, 0.05) is 31.8 Å². The molecule has 1 saturated heterocycles. The number of guanidine groups is 1. The zero-order chi connectivity index (χ0) is 16.5. The summed E-state index contributed by atoms with van der Waals surface area (Å²) in [6.07, 6.45) is 4.14. The molecule has 1 aromatic carbocycles. The Morgan fingerprint density at radius 2 is 2.22 bits per heavy atom. The van der Waals surface area contributed by atoms with Gasteiger partial charge in [0.25, 0.3) is 5.69 Å². The summed E-state index contributed by atoms with van der Waals surface area (Å²) in [6, 6.07) is 6.41. The highest BCUT2D eigenvalue weighted by Gasteiger charge is 2.15. The number of nitro benzene ring substituents is 1. The van der Waals surface area contributed by atoms with Crippen LogP contribution >= 0.6 is 0 Å². The van der Waals surface area contributed by atoms with Gasteiger partial charge < -0.3 is 15.4 Å². The van der Waals surface area contributed by atoms with E-state index in [9.17, 15) is 10.1 Å². The third-order valence-corrected chi connectivity index (χ3v) is 3.50. The van der Waals surface area contributed by atoms with Crippen LogP contribution in [0.2, 0.25) is 0 Å². The molecule has 0 aromatic heterocycles. The van der Waals surface area contributed by atoms with E-state index in [1.165, 1.54) is 12.1 Å². The molecule has 1 aliphatic rings. The number of nitro groups is 1. The lowest BCUT2D eigenvalue weighted by atomic mass is 10.2. The largest absolute Gasteiger partial charge is 0.376 e. The predicted molar refractivity (Wildman–Crippen MR) is 89.4 cm³/mol. The number of rotatable bonds is 7. The minimum atomic E-state index is -0.409. The molecule has 1 unspecified atom stereocenters. The Hall–Kier alpha value is -2.41. The van der Waals surface area contributed by atoms with E-state index in [0.29, 0.717) is 25.6 Å². The first-order valence-electron chi connectivity index (χ1n) is 7.67. The van der Waals surface area contributed by atoms with E-state index in [4.69, 9.17) is 4.74 Å². The lowest BCUT2D eigenvalue weighted by Crippen LogP contribution is -2.41. The van der Waals surface area contributed by atoms with Gasteiger partial charge in [-0.3, -0.25) is 10.1 Å². The number of nitrogens with one attached hydrogen (secondary N) is 2. The zero-order valence-corrected chi connectivity index (χ0v) is 13.0. The average Bonchev–Trinajstić information content (AvgIpc) is 3.08. The minimum absolute atomic E-state index is 0.0826. The van der Waals surface area contributed by atoms with Gasteiger partial charge >= 0.3 is 0 Å². The zero-order valence-electron chi connectivity index (χ0n) is 13.0. The third kappa shape index (κ3) is 5.71. The smallest absolute Gasteiger partial charge is 0.269 e. The Balaban J connectivity index is 1.91. The topological polar surface area (TPSA) is 88.8 Å². The van der Waals surface area contributed by atoms with E-state index in [0.717, 1.165) is 25.0 Å². The molecule has 1 aliphatic heterocycles. The lowest BCUT2D eigenvalue weighted by molar-refractivity contribution is -0.384. The van der Waals surface area contributed by atoms with Crippen molar-refractivity contribution in [2.45, 2.75) is 25.5 Å². The summed E-state index contributed by atoms with van der Waals surface area (Å²) in [7, 11) is 0. The van der Waals surface area contributed by atoms with E-state index in [1.54, 1.807) is 18.2 Å². The molecule has 0 saturated carbocycles. The Morgan fingerprint density at radius 1 is 1.43 bits per heavy atom. The fraction of sp³-hybridized carbons (Fsp3) is 0.438. The molecule has 0 amide bonds. The van der Waals surface area contributed by atoms with E-state index in [-0.39, 0.29) is 11.8 Å². The summed E-state index contributed by atoms with van der Waals surface area (Å²) in [6.45, 7) is 6.26. The molecule has 23 heavy (non-hydrogen) atoms. The van der Waals surface area contributed by atoms with Gasteiger partial charge in [-0.2, -0.15) is 0 Å². The molecule has 1 heterocycles. The van der Waals surface area contributed by atoms with E-state index >= 15 is 0 Å². The number of aliphatic imine (C=N–C) groups is 1. The Bertz CT molecular complexity index is 551. The molecule has 0 spiro atoms. The molecule has 0 aliphatic carbocycles. The highest BCUT2D eigenvalue weighted by molar-refractivity contribution is 5.79. The van der Waals surface area contributed by atoms with Gasteiger partial charge in [-0.25, -0.2) is 4.99 Å². The lowest BCUT2D eigenvalue weighted by Gasteiger charge is -2.14. The van der Waals surface area contributed by atoms with E-state index < -0.39 is 4.92 Å². The standard InChI is InChI=1S/C16H22N4O3/c1-2-9-17-16(19-12-15-4-3-10-23-15)18-11-13-5-7-14(8-6-13)20(21)22/h2,5-8,15H,1,3-4,9-12H2,(H2,17,18,19). The summed E-state index contributed by atoms with van der Waals surface area (Å²) >= 11 is 0. The van der Waals surface area contributed by atoms with Gasteiger partial charge in [-0.15, -0.1) is 6.58 Å². The predicted octanol–water partition coefficient (Wildman–Crippen LogP) is 1.99. The van der Waals surface area contributed by atoms with Crippen molar-refractivity contribution in [1.29, 1.82) is 0 Å². The molecular formula is C16H22N4O3. The van der Waals surface area contributed by atoms with Crippen LogP contribution in [0.15, 0.2) is 41.9 Å². The highest BCUT2D eigenvalue weighted by Crippen LogP contribution is 2.13. The second-order valence-electron chi connectivity index (χ2n) is 5.27. The number of hydrogen-bond acceptors (Lipinski definition) is 4. The van der Waals surface area contributed by atoms with Crippen LogP contribution in [0.4, 0.5) is 5.69 Å². The van der Waals surface area contributed by atoms with Crippen molar-refractivity contribution in [2.75, 3.05) is 19.7 Å². The average molecular weight is 318 g/mol. The van der Waals surface area contributed by atoms with Crippen LogP contribution in [0, 0.1) is 10.1 Å². The van der Waals surface area contributed by atoms with Crippen molar-refractivity contribution < 1.29 is 9.66 Å². The van der Waals surface area contributed by atoms with Crippen LogP contribution in [0.3, 0.4) is 0 Å². The van der Waals surface area contributed by atoms with Crippen molar-refractivity contribution >= 4 is 11.6 Å². The van der Waals surface area contributed by atoms with Gasteiger partial charge in [0.15, 0.2) is 5.96 Å². The first-order valence-corrected chi connectivity index (χ1v) is 7.67. The number of hydrogen-bond donors (Lipinski definition) is 2. The summed E-state index contributed by atoms with van der Waals surface area (Å²) in [4.78, 5) is 14.7. The molecule has 0 radical (unpaired) electrons. The molecule has 1 aromatic rings. The first kappa shape index (κ1) is 17.0. The molecule has 7 heteroatoms. The Morgan fingerprint density at radius 3 is 2.83 bits per heavy atom. The monoisotopic (exact) mass is 318 g/mol. The highest BCUT2D eigenvalue weighted by atomic mass is 16.6. The second kappa shape index (κ2) is 8.89. The van der Waals surface area contributed by atoms with Crippen LogP contribution in [0.25, 0.3) is 0 Å². The molecule has 2 N–H and O–H groups in total. The Labute approximate surface area is 135 Å². The van der Waals surface area contributed by atoms with Crippen LogP contribution in [-0.2, 0) is 11.3 Å². The normalized spacial score (nSPS) is 17.7. The summed E-state index contributed by atoms with van der Waals surface area (Å²) in [5, 5.41) is 17.0. The SMILES string of the molecule is C=CCNC(=NCc1ccc([N+](=O)[O-])cc1)NCC1CCCO1. The number of non-ortho nitro benzene ring substituents is 1.